The molecule has 0 bridgehead atoms. The largest absolute Gasteiger partial charge is 0.320 e. The molecule has 0 radical (unpaired) electrons. The molecule has 0 atom stereocenters. The van der Waals surface area contributed by atoms with Crippen LogP contribution in [0.1, 0.15) is 46.4 Å². The lowest BCUT2D eigenvalue weighted by Crippen LogP contribution is -2.29. The fraction of sp³-hybridized carbons (Fsp3) is 0.308. The maximum atomic E-state index is 13.0. The molecule has 2 heterocycles. The van der Waals surface area contributed by atoms with Crippen LogP contribution in [-0.4, -0.2) is 28.9 Å². The van der Waals surface area contributed by atoms with Gasteiger partial charge in [-0.05, 0) is 73.7 Å². The van der Waals surface area contributed by atoms with Crippen LogP contribution in [-0.2, 0) is 6.54 Å². The summed E-state index contributed by atoms with van der Waals surface area (Å²) in [6.07, 6.45) is 5.73. The average Bonchev–Trinajstić information content (AvgIpc) is 2.76. The first-order chi connectivity index (χ1) is 14.6. The van der Waals surface area contributed by atoms with E-state index in [2.05, 4.69) is 39.5 Å². The zero-order valence-electron chi connectivity index (χ0n) is 17.8. The van der Waals surface area contributed by atoms with E-state index in [1.54, 1.807) is 0 Å². The number of anilines is 1. The highest BCUT2D eigenvalue weighted by molar-refractivity contribution is 6.04. The van der Waals surface area contributed by atoms with Crippen LogP contribution in [0.2, 0.25) is 0 Å². The van der Waals surface area contributed by atoms with E-state index in [0.717, 1.165) is 47.6 Å². The first-order valence-corrected chi connectivity index (χ1v) is 10.8. The van der Waals surface area contributed by atoms with E-state index < -0.39 is 0 Å². The molecule has 1 aliphatic rings. The molecular formula is C26H29N3O. The van der Waals surface area contributed by atoms with Gasteiger partial charge in [0.15, 0.2) is 0 Å². The van der Waals surface area contributed by atoms with E-state index in [-0.39, 0.29) is 5.91 Å². The Labute approximate surface area is 179 Å². The fourth-order valence-electron chi connectivity index (χ4n) is 4.22. The van der Waals surface area contributed by atoms with Crippen LogP contribution in [0.3, 0.4) is 0 Å². The highest BCUT2D eigenvalue weighted by atomic mass is 16.1. The number of amides is 1. The lowest BCUT2D eigenvalue weighted by atomic mass is 9.99. The highest BCUT2D eigenvalue weighted by Gasteiger charge is 2.16. The van der Waals surface area contributed by atoms with Crippen LogP contribution in [0.4, 0.5) is 5.69 Å². The van der Waals surface area contributed by atoms with Crippen molar-refractivity contribution in [2.45, 2.75) is 39.7 Å². The lowest BCUT2D eigenvalue weighted by Gasteiger charge is -2.26. The Balaban J connectivity index is 1.50. The van der Waals surface area contributed by atoms with Crippen molar-refractivity contribution in [1.82, 2.24) is 9.88 Å². The third kappa shape index (κ3) is 4.60. The molecule has 1 saturated heterocycles. The van der Waals surface area contributed by atoms with Crippen molar-refractivity contribution >= 4 is 11.6 Å². The standard InChI is InChI=1S/C26H29N3O/c1-19-16-21(18-29-14-7-4-8-15-29)17-27-25(19)26(30)28-24-13-9-12-23(20(24)2)22-10-5-3-6-11-22/h3,5-6,9-13,16-17H,4,7-8,14-15,18H2,1-2H3,(H,28,30). The van der Waals surface area contributed by atoms with E-state index in [4.69, 9.17) is 0 Å². The molecule has 1 aliphatic heterocycles. The number of aryl methyl sites for hydroxylation is 1. The summed E-state index contributed by atoms with van der Waals surface area (Å²) in [5.74, 6) is -0.162. The van der Waals surface area contributed by atoms with Crippen molar-refractivity contribution in [1.29, 1.82) is 0 Å². The number of carbonyl (C=O) groups is 1. The van der Waals surface area contributed by atoms with Gasteiger partial charge in [0.1, 0.15) is 5.69 Å². The van der Waals surface area contributed by atoms with Crippen molar-refractivity contribution in [3.63, 3.8) is 0 Å². The van der Waals surface area contributed by atoms with Gasteiger partial charge in [0.2, 0.25) is 0 Å². The number of likely N-dealkylation sites (tertiary alicyclic amines) is 1. The Morgan fingerprint density at radius 3 is 2.50 bits per heavy atom. The Morgan fingerprint density at radius 2 is 1.77 bits per heavy atom. The topological polar surface area (TPSA) is 45.2 Å². The van der Waals surface area contributed by atoms with Crippen LogP contribution >= 0.6 is 0 Å². The number of aromatic nitrogens is 1. The molecule has 4 nitrogen and oxygen atoms in total. The van der Waals surface area contributed by atoms with Gasteiger partial charge >= 0.3 is 0 Å². The third-order valence-electron chi connectivity index (χ3n) is 5.87. The summed E-state index contributed by atoms with van der Waals surface area (Å²) in [5, 5.41) is 3.07. The highest BCUT2D eigenvalue weighted by Crippen LogP contribution is 2.28. The Hall–Kier alpha value is -2.98. The second-order valence-corrected chi connectivity index (χ2v) is 8.14. The van der Waals surface area contributed by atoms with E-state index in [1.165, 1.54) is 24.8 Å². The smallest absolute Gasteiger partial charge is 0.274 e. The van der Waals surface area contributed by atoms with Gasteiger partial charge in [0.25, 0.3) is 5.91 Å². The quantitative estimate of drug-likeness (QED) is 0.607. The molecule has 0 spiro atoms. The molecule has 1 aromatic heterocycles. The Bertz CT molecular complexity index is 1020. The number of nitrogens with zero attached hydrogens (tertiary/aromatic N) is 2. The molecule has 1 amide bonds. The van der Waals surface area contributed by atoms with E-state index in [1.807, 2.05) is 50.4 Å². The zero-order chi connectivity index (χ0) is 20.9. The molecule has 4 heteroatoms. The summed E-state index contributed by atoms with van der Waals surface area (Å²) in [5.41, 5.74) is 6.71. The molecule has 3 aromatic rings. The monoisotopic (exact) mass is 399 g/mol. The van der Waals surface area contributed by atoms with Crippen molar-refractivity contribution in [3.8, 4) is 11.1 Å². The van der Waals surface area contributed by atoms with Crippen LogP contribution < -0.4 is 5.32 Å². The maximum Gasteiger partial charge on any atom is 0.274 e. The molecule has 0 unspecified atom stereocenters. The van der Waals surface area contributed by atoms with Gasteiger partial charge < -0.3 is 5.32 Å². The summed E-state index contributed by atoms with van der Waals surface area (Å²) in [6.45, 7) is 7.22. The molecule has 154 valence electrons. The normalized spacial score (nSPS) is 14.5. The van der Waals surface area contributed by atoms with Crippen LogP contribution in [0.25, 0.3) is 11.1 Å². The zero-order valence-corrected chi connectivity index (χ0v) is 17.8. The number of hydrogen-bond acceptors (Lipinski definition) is 3. The molecule has 2 aromatic carbocycles. The summed E-state index contributed by atoms with van der Waals surface area (Å²) in [6, 6.07) is 18.3. The molecule has 1 fully saturated rings. The molecule has 30 heavy (non-hydrogen) atoms. The molecule has 0 saturated carbocycles. The number of rotatable bonds is 5. The van der Waals surface area contributed by atoms with Gasteiger partial charge in [-0.15, -0.1) is 0 Å². The summed E-state index contributed by atoms with van der Waals surface area (Å²) < 4.78 is 0. The van der Waals surface area contributed by atoms with Gasteiger partial charge in [-0.1, -0.05) is 55.0 Å². The number of pyridine rings is 1. The Morgan fingerprint density at radius 1 is 1.00 bits per heavy atom. The van der Waals surface area contributed by atoms with E-state index in [0.29, 0.717) is 5.69 Å². The summed E-state index contributed by atoms with van der Waals surface area (Å²) in [7, 11) is 0. The predicted molar refractivity (Wildman–Crippen MR) is 123 cm³/mol. The number of piperidine rings is 1. The maximum absolute atomic E-state index is 13.0. The lowest BCUT2D eigenvalue weighted by molar-refractivity contribution is 0.102. The van der Waals surface area contributed by atoms with Crippen molar-refractivity contribution < 1.29 is 4.79 Å². The van der Waals surface area contributed by atoms with Gasteiger partial charge in [-0.2, -0.15) is 0 Å². The fourth-order valence-corrected chi connectivity index (χ4v) is 4.22. The van der Waals surface area contributed by atoms with Gasteiger partial charge in [-0.3, -0.25) is 14.7 Å². The number of carbonyl (C=O) groups excluding carboxylic acids is 1. The second-order valence-electron chi connectivity index (χ2n) is 8.14. The first-order valence-electron chi connectivity index (χ1n) is 10.8. The first kappa shape index (κ1) is 20.3. The van der Waals surface area contributed by atoms with Crippen LogP contribution in [0, 0.1) is 13.8 Å². The third-order valence-corrected chi connectivity index (χ3v) is 5.87. The van der Waals surface area contributed by atoms with Gasteiger partial charge in [0.05, 0.1) is 0 Å². The van der Waals surface area contributed by atoms with Crippen molar-refractivity contribution in [3.05, 3.63) is 83.2 Å². The molecule has 1 N–H and O–H groups in total. The minimum atomic E-state index is -0.162. The van der Waals surface area contributed by atoms with E-state index in [9.17, 15) is 4.79 Å². The number of nitrogens with one attached hydrogen (secondary N) is 1. The number of benzene rings is 2. The van der Waals surface area contributed by atoms with E-state index >= 15 is 0 Å². The van der Waals surface area contributed by atoms with Crippen molar-refractivity contribution in [2.24, 2.45) is 0 Å². The summed E-state index contributed by atoms with van der Waals surface area (Å²) >= 11 is 0. The Kier molecular flexibility index (Phi) is 6.24. The minimum absolute atomic E-state index is 0.162. The second kappa shape index (κ2) is 9.23. The number of hydrogen-bond donors (Lipinski definition) is 1. The van der Waals surface area contributed by atoms with Crippen molar-refractivity contribution in [2.75, 3.05) is 18.4 Å². The minimum Gasteiger partial charge on any atom is -0.320 e. The summed E-state index contributed by atoms with van der Waals surface area (Å²) in [4.78, 5) is 19.9. The molecule has 4 rings (SSSR count). The predicted octanol–water partition coefficient (Wildman–Crippen LogP) is 5.60. The van der Waals surface area contributed by atoms with Gasteiger partial charge in [0, 0.05) is 18.4 Å². The van der Waals surface area contributed by atoms with Gasteiger partial charge in [-0.25, -0.2) is 0 Å². The molecule has 0 aliphatic carbocycles. The average molecular weight is 400 g/mol. The SMILES string of the molecule is Cc1cc(CN2CCCCC2)cnc1C(=O)Nc1cccc(-c2ccccc2)c1C. The van der Waals surface area contributed by atoms with Crippen LogP contribution in [0.5, 0.6) is 0 Å². The van der Waals surface area contributed by atoms with Crippen LogP contribution in [0.15, 0.2) is 60.8 Å². The molecular weight excluding hydrogens is 370 g/mol.